The Labute approximate surface area is 388 Å². The summed E-state index contributed by atoms with van der Waals surface area (Å²) in [4.78, 5) is 0. The molecule has 65 heavy (non-hydrogen) atoms. The molecule has 0 amide bonds. The summed E-state index contributed by atoms with van der Waals surface area (Å²) in [6.07, 6.45) is 0. The van der Waals surface area contributed by atoms with Crippen molar-refractivity contribution in [1.29, 1.82) is 0 Å². The Kier molecular flexibility index (Phi) is 10.7. The monoisotopic (exact) mass is 910 g/mol. The molecule has 0 aliphatic carbocycles. The van der Waals surface area contributed by atoms with Crippen molar-refractivity contribution in [1.82, 2.24) is 0 Å². The molecule has 5 heteroatoms. The Bertz CT molecular complexity index is 2380. The van der Waals surface area contributed by atoms with Crippen LogP contribution in [0.4, 0.5) is 0 Å². The minimum absolute atomic E-state index is 1.55. The summed E-state index contributed by atoms with van der Waals surface area (Å²) in [5.41, 5.74) is 0. The van der Waals surface area contributed by atoms with Gasteiger partial charge in [0.15, 0.2) is 0 Å². The van der Waals surface area contributed by atoms with Crippen LogP contribution < -0.4 is 51.9 Å². The summed E-state index contributed by atoms with van der Waals surface area (Å²) < 4.78 is 0. The molecular weight excluding hydrogens is 861 g/mol. The first kappa shape index (κ1) is 41.0. The van der Waals surface area contributed by atoms with Gasteiger partial charge in [-0.15, -0.1) is 0 Å². The topological polar surface area (TPSA) is 0 Å². The molecule has 1 saturated heterocycles. The van der Waals surface area contributed by atoms with Gasteiger partial charge < -0.3 is 0 Å². The third kappa shape index (κ3) is 5.51. The molecule has 0 atom stereocenters. The van der Waals surface area contributed by atoms with Gasteiger partial charge in [0, 0.05) is 0 Å². The third-order valence-electron chi connectivity index (χ3n) is 14.9. The van der Waals surface area contributed by atoms with Crippen LogP contribution in [0, 0.1) is 0 Å². The largest absolute Gasteiger partial charge is 0.121 e. The van der Waals surface area contributed by atoms with Crippen molar-refractivity contribution in [3.05, 3.63) is 303 Å². The van der Waals surface area contributed by atoms with E-state index in [4.69, 9.17) is 0 Å². The maximum absolute atomic E-state index is 3.51. The standard InChI is InChI=1S/C60H50Si5/c1-11-31-51(32-12-1)61(52-33-13-2-14-34-52)62(53-35-15-3-16-36-53,54-37-17-4-18-38-54)64(57-43-23-7-24-44-57,58-45-25-8-26-46-58)65(59-47-27-9-28-48-59,60-49-29-10-30-50-60)63(61,55-39-19-5-20-40-55)56-41-21-6-22-42-56/h1-50H. The second kappa shape index (κ2) is 17.0. The average Bonchev–Trinajstić information content (AvgIpc) is 3.62. The van der Waals surface area contributed by atoms with Crippen LogP contribution in [0.2, 0.25) is 0 Å². The highest BCUT2D eigenvalue weighted by atomic mass is 30.2. The molecule has 310 valence electrons. The normalized spacial score (nSPS) is 16.3. The van der Waals surface area contributed by atoms with Crippen molar-refractivity contribution in [3.63, 3.8) is 0 Å². The molecule has 1 aliphatic rings. The number of rotatable bonds is 10. The van der Waals surface area contributed by atoms with Crippen LogP contribution in [0.25, 0.3) is 0 Å². The molecule has 10 aromatic rings. The van der Waals surface area contributed by atoms with Gasteiger partial charge >= 0.3 is 0 Å². The molecule has 1 fully saturated rings. The van der Waals surface area contributed by atoms with Crippen molar-refractivity contribution in [2.24, 2.45) is 0 Å². The van der Waals surface area contributed by atoms with Gasteiger partial charge in [-0.3, -0.25) is 0 Å². The lowest BCUT2D eigenvalue weighted by molar-refractivity contribution is 1.70. The van der Waals surface area contributed by atoms with Crippen LogP contribution in [0.3, 0.4) is 0 Å². The molecule has 1 heterocycles. The van der Waals surface area contributed by atoms with Gasteiger partial charge in [0.25, 0.3) is 0 Å². The molecule has 0 N–H and O–H groups in total. The van der Waals surface area contributed by atoms with E-state index in [9.17, 15) is 0 Å². The summed E-state index contributed by atoms with van der Waals surface area (Å²) in [6, 6.07) is 122. The van der Waals surface area contributed by atoms with E-state index in [-0.39, 0.29) is 0 Å². The highest BCUT2D eigenvalue weighted by Gasteiger charge is 2.94. The zero-order valence-electron chi connectivity index (χ0n) is 36.4. The fourth-order valence-electron chi connectivity index (χ4n) is 13.5. The van der Waals surface area contributed by atoms with E-state index in [1.165, 1.54) is 0 Å². The van der Waals surface area contributed by atoms with Gasteiger partial charge in [0.05, 0.1) is 0 Å². The predicted octanol–water partition coefficient (Wildman–Crippen LogP) is 6.71. The minimum atomic E-state index is -3.51. The van der Waals surface area contributed by atoms with Gasteiger partial charge in [-0.05, 0) is 0 Å². The predicted molar refractivity (Wildman–Crippen MR) is 290 cm³/mol. The summed E-state index contributed by atoms with van der Waals surface area (Å²) >= 11 is 0. The third-order valence-corrected chi connectivity index (χ3v) is 112. The Balaban J connectivity index is 1.66. The lowest BCUT2D eigenvalue weighted by atomic mass is 10.4. The van der Waals surface area contributed by atoms with E-state index in [1.54, 1.807) is 51.9 Å². The molecule has 0 nitrogen and oxygen atoms in total. The Hall–Kier alpha value is -6.72. The van der Waals surface area contributed by atoms with E-state index in [1.807, 2.05) is 0 Å². The van der Waals surface area contributed by atoms with Crippen LogP contribution in [0.15, 0.2) is 303 Å². The summed E-state index contributed by atoms with van der Waals surface area (Å²) in [5, 5.41) is 15.5. The van der Waals surface area contributed by atoms with E-state index >= 15 is 0 Å². The van der Waals surface area contributed by atoms with Crippen molar-refractivity contribution in [2.75, 3.05) is 0 Å². The van der Waals surface area contributed by atoms with E-state index in [2.05, 4.69) is 303 Å². The van der Waals surface area contributed by atoms with E-state index < -0.39 is 35.5 Å². The molecule has 11 rings (SSSR count). The maximum atomic E-state index is 2.61. The van der Waals surface area contributed by atoms with Crippen LogP contribution in [0.1, 0.15) is 0 Å². The summed E-state index contributed by atoms with van der Waals surface area (Å²) in [6.45, 7) is 0. The smallest absolute Gasteiger partial charge is 0.0631 e. The van der Waals surface area contributed by atoms with Crippen molar-refractivity contribution in [3.8, 4) is 0 Å². The van der Waals surface area contributed by atoms with Crippen LogP contribution in [-0.4, -0.2) is 35.5 Å². The second-order valence-electron chi connectivity index (χ2n) is 17.4. The molecular formula is C60H50Si5. The van der Waals surface area contributed by atoms with Gasteiger partial charge in [0.2, 0.25) is 0 Å². The number of hydrogen-bond acceptors (Lipinski definition) is 0. The average molecular weight is 911 g/mol. The molecule has 0 spiro atoms. The summed E-state index contributed by atoms with van der Waals surface area (Å²) in [5.74, 6) is 0. The fourth-order valence-corrected chi connectivity index (χ4v) is 197. The maximum Gasteiger partial charge on any atom is 0.121 e. The van der Waals surface area contributed by atoms with Gasteiger partial charge in [-0.1, -0.05) is 355 Å². The number of hydrogen-bond donors (Lipinski definition) is 0. The quantitative estimate of drug-likeness (QED) is 0.134. The number of benzene rings is 10. The fraction of sp³-hybridized carbons (Fsp3) is 0. The zero-order valence-corrected chi connectivity index (χ0v) is 41.4. The van der Waals surface area contributed by atoms with Crippen molar-refractivity contribution < 1.29 is 0 Å². The lowest BCUT2D eigenvalue weighted by Crippen LogP contribution is -3.00. The SMILES string of the molecule is c1ccc([Si]2(c3ccccc3)[Si](c3ccccc3)(c3ccccc3)[Si](c3ccccc3)(c3ccccc3)[Si](c3ccccc3)(c3ccccc3)[Si]2(c2ccccc2)c2ccccc2)cc1. The van der Waals surface area contributed by atoms with Gasteiger partial charge in [0.1, 0.15) is 35.5 Å². The van der Waals surface area contributed by atoms with Crippen LogP contribution in [0.5, 0.6) is 0 Å². The molecule has 0 bridgehead atoms. The molecule has 1 aliphatic heterocycles. The van der Waals surface area contributed by atoms with Crippen LogP contribution >= 0.6 is 0 Å². The first-order chi connectivity index (χ1) is 32.3. The van der Waals surface area contributed by atoms with Crippen molar-refractivity contribution in [2.45, 2.75) is 0 Å². The van der Waals surface area contributed by atoms with E-state index in [0.29, 0.717) is 0 Å². The van der Waals surface area contributed by atoms with E-state index in [0.717, 1.165) is 0 Å². The molecule has 0 unspecified atom stereocenters. The molecule has 10 aromatic carbocycles. The van der Waals surface area contributed by atoms with Gasteiger partial charge in [-0.25, -0.2) is 0 Å². The molecule has 0 aromatic heterocycles. The minimum Gasteiger partial charge on any atom is -0.0631 e. The highest BCUT2D eigenvalue weighted by Crippen LogP contribution is 2.50. The molecule has 0 saturated carbocycles. The zero-order chi connectivity index (χ0) is 43.6. The van der Waals surface area contributed by atoms with Gasteiger partial charge in [-0.2, -0.15) is 0 Å². The Morgan fingerprint density at radius 3 is 0.262 bits per heavy atom. The van der Waals surface area contributed by atoms with Crippen molar-refractivity contribution >= 4 is 87.4 Å². The Morgan fingerprint density at radius 2 is 0.185 bits per heavy atom. The highest BCUT2D eigenvalue weighted by molar-refractivity contribution is 8.27. The first-order valence-electron chi connectivity index (χ1n) is 22.9. The Morgan fingerprint density at radius 1 is 0.108 bits per heavy atom. The lowest BCUT2D eigenvalue weighted by Gasteiger charge is -2.56. The first-order valence-corrected chi connectivity index (χ1v) is 37.9. The van der Waals surface area contributed by atoms with Crippen LogP contribution in [-0.2, 0) is 0 Å². The summed E-state index contributed by atoms with van der Waals surface area (Å²) in [7, 11) is -17.5. The second-order valence-corrected chi connectivity index (χ2v) is 60.7. The molecule has 0 radical (unpaired) electrons.